The highest BCUT2D eigenvalue weighted by molar-refractivity contribution is 9.11. The molecule has 0 atom stereocenters. The van der Waals surface area contributed by atoms with Gasteiger partial charge in [-0.05, 0) is 34.1 Å². The van der Waals surface area contributed by atoms with Crippen molar-refractivity contribution >= 4 is 55.1 Å². The summed E-state index contributed by atoms with van der Waals surface area (Å²) >= 11 is 6.43. The van der Waals surface area contributed by atoms with Gasteiger partial charge in [0.25, 0.3) is 5.69 Å². The van der Waals surface area contributed by atoms with Gasteiger partial charge in [-0.2, -0.15) is 5.10 Å². The highest BCUT2D eigenvalue weighted by Crippen LogP contribution is 2.31. The first kappa shape index (κ1) is 17.8. The molecule has 2 N–H and O–H groups in total. The van der Waals surface area contributed by atoms with Crippen LogP contribution in [0.5, 0.6) is 5.75 Å². The minimum atomic E-state index is -0.752. The van der Waals surface area contributed by atoms with Crippen LogP contribution in [0.25, 0.3) is 0 Å². The second kappa shape index (κ2) is 7.36. The molecule has 124 valence electrons. The van der Waals surface area contributed by atoms with E-state index in [1.54, 1.807) is 12.1 Å². The van der Waals surface area contributed by atoms with Crippen LogP contribution in [0.2, 0.25) is 0 Å². The summed E-state index contributed by atoms with van der Waals surface area (Å²) < 4.78 is 1.13. The molecule has 0 aliphatic carbocycles. The quantitative estimate of drug-likeness (QED) is 0.391. The molecule has 0 radical (unpaired) electrons. The fourth-order valence-electron chi connectivity index (χ4n) is 1.73. The number of nitro groups is 2. The average molecular weight is 460 g/mol. The lowest BCUT2D eigenvalue weighted by atomic mass is 10.2. The van der Waals surface area contributed by atoms with Gasteiger partial charge in [0.1, 0.15) is 11.4 Å². The summed E-state index contributed by atoms with van der Waals surface area (Å²) in [6.45, 7) is 0. The van der Waals surface area contributed by atoms with E-state index < -0.39 is 21.2 Å². The van der Waals surface area contributed by atoms with E-state index in [4.69, 9.17) is 0 Å². The number of anilines is 1. The van der Waals surface area contributed by atoms with Crippen LogP contribution in [0.15, 0.2) is 44.4 Å². The number of non-ortho nitro benzene ring substituents is 1. The summed E-state index contributed by atoms with van der Waals surface area (Å²) in [6, 6.07) is 6.38. The standard InChI is InChI=1S/C13H8Br2N4O5/c14-8-3-7(13(20)10(15)4-8)6-16-17-11-2-1-9(18(21)22)5-12(11)19(23)24/h1-6,17,20H/b16-6-. The fourth-order valence-corrected chi connectivity index (χ4v) is 2.99. The van der Waals surface area contributed by atoms with E-state index >= 15 is 0 Å². The molecule has 0 aliphatic rings. The Bertz CT molecular complexity index is 856. The topological polar surface area (TPSA) is 131 Å². The van der Waals surface area contributed by atoms with Gasteiger partial charge >= 0.3 is 5.69 Å². The van der Waals surface area contributed by atoms with Gasteiger partial charge < -0.3 is 5.11 Å². The lowest BCUT2D eigenvalue weighted by molar-refractivity contribution is -0.393. The molecule has 0 spiro atoms. The number of hydrogen-bond donors (Lipinski definition) is 2. The molecule has 0 unspecified atom stereocenters. The number of nitro benzene ring substituents is 2. The molecule has 9 nitrogen and oxygen atoms in total. The highest BCUT2D eigenvalue weighted by atomic mass is 79.9. The average Bonchev–Trinajstić information content (AvgIpc) is 2.51. The second-order valence-corrected chi connectivity index (χ2v) is 6.18. The van der Waals surface area contributed by atoms with E-state index in [0.717, 1.165) is 12.1 Å². The van der Waals surface area contributed by atoms with Crippen molar-refractivity contribution in [2.45, 2.75) is 0 Å². The zero-order valence-electron chi connectivity index (χ0n) is 11.6. The first-order valence-corrected chi connectivity index (χ1v) is 7.78. The van der Waals surface area contributed by atoms with Crippen LogP contribution in [0.1, 0.15) is 5.56 Å². The Morgan fingerprint density at radius 3 is 2.46 bits per heavy atom. The number of nitrogens with zero attached hydrogens (tertiary/aromatic N) is 3. The van der Waals surface area contributed by atoms with Crippen LogP contribution in [0.3, 0.4) is 0 Å². The van der Waals surface area contributed by atoms with E-state index in [1.165, 1.54) is 12.3 Å². The summed E-state index contributed by atoms with van der Waals surface area (Å²) in [6.07, 6.45) is 1.26. The third-order valence-corrected chi connectivity index (χ3v) is 3.90. The summed E-state index contributed by atoms with van der Waals surface area (Å²) in [7, 11) is 0. The van der Waals surface area contributed by atoms with Crippen molar-refractivity contribution in [2.75, 3.05) is 5.43 Å². The van der Waals surface area contributed by atoms with Crippen LogP contribution in [-0.2, 0) is 0 Å². The van der Waals surface area contributed by atoms with Crippen LogP contribution in [0, 0.1) is 20.2 Å². The molecule has 11 heteroatoms. The predicted octanol–water partition coefficient (Wildman–Crippen LogP) is 4.18. The molecule has 2 aromatic rings. The number of rotatable bonds is 5. The maximum Gasteiger partial charge on any atom is 0.301 e. The lowest BCUT2D eigenvalue weighted by Crippen LogP contribution is -1.99. The maximum atomic E-state index is 11.0. The molecular formula is C13H8Br2N4O5. The van der Waals surface area contributed by atoms with Crippen LogP contribution in [0.4, 0.5) is 17.1 Å². The van der Waals surface area contributed by atoms with E-state index in [-0.39, 0.29) is 11.4 Å². The molecule has 0 saturated heterocycles. The number of hydrazone groups is 1. The highest BCUT2D eigenvalue weighted by Gasteiger charge is 2.19. The Balaban J connectivity index is 2.29. The number of benzene rings is 2. The van der Waals surface area contributed by atoms with E-state index in [0.29, 0.717) is 14.5 Å². The van der Waals surface area contributed by atoms with E-state index in [1.807, 2.05) is 0 Å². The van der Waals surface area contributed by atoms with Crippen LogP contribution in [-0.4, -0.2) is 21.2 Å². The largest absolute Gasteiger partial charge is 0.506 e. The smallest absolute Gasteiger partial charge is 0.301 e. The van der Waals surface area contributed by atoms with Crippen molar-refractivity contribution < 1.29 is 15.0 Å². The van der Waals surface area contributed by atoms with Gasteiger partial charge in [-0.1, -0.05) is 15.9 Å². The Hall–Kier alpha value is -2.53. The van der Waals surface area contributed by atoms with Crippen molar-refractivity contribution in [1.29, 1.82) is 0 Å². The van der Waals surface area contributed by atoms with Crippen molar-refractivity contribution in [3.8, 4) is 5.75 Å². The monoisotopic (exact) mass is 458 g/mol. The van der Waals surface area contributed by atoms with Gasteiger partial charge in [0.05, 0.1) is 26.6 Å². The molecular weight excluding hydrogens is 452 g/mol. The molecule has 24 heavy (non-hydrogen) atoms. The first-order valence-electron chi connectivity index (χ1n) is 6.19. The van der Waals surface area contributed by atoms with Gasteiger partial charge in [-0.15, -0.1) is 0 Å². The first-order chi connectivity index (χ1) is 11.3. The van der Waals surface area contributed by atoms with Gasteiger partial charge in [0.2, 0.25) is 0 Å². The Labute approximate surface area is 151 Å². The van der Waals surface area contributed by atoms with Crippen LogP contribution >= 0.6 is 31.9 Å². The molecule has 0 aliphatic heterocycles. The normalized spacial score (nSPS) is 10.8. The number of hydrogen-bond acceptors (Lipinski definition) is 7. The summed E-state index contributed by atoms with van der Waals surface area (Å²) in [4.78, 5) is 20.2. The number of aromatic hydroxyl groups is 1. The molecule has 0 saturated carbocycles. The zero-order chi connectivity index (χ0) is 17.9. The molecule has 2 aromatic carbocycles. The van der Waals surface area contributed by atoms with Gasteiger partial charge in [-0.25, -0.2) is 0 Å². The number of phenols is 1. The van der Waals surface area contributed by atoms with Gasteiger partial charge in [0, 0.05) is 16.1 Å². The van der Waals surface area contributed by atoms with Crippen molar-refractivity contribution in [2.24, 2.45) is 5.10 Å². The lowest BCUT2D eigenvalue weighted by Gasteiger charge is -2.04. The zero-order valence-corrected chi connectivity index (χ0v) is 14.8. The summed E-state index contributed by atoms with van der Waals surface area (Å²) in [5.41, 5.74) is 1.89. The van der Waals surface area contributed by atoms with Gasteiger partial charge in [0.15, 0.2) is 0 Å². The SMILES string of the molecule is O=[N+]([O-])c1ccc(N/N=C\c2cc(Br)cc(Br)c2O)c([N+](=O)[O-])c1. The third-order valence-electron chi connectivity index (χ3n) is 2.84. The minimum absolute atomic E-state index is 0.0181. The van der Waals surface area contributed by atoms with E-state index in [9.17, 15) is 25.3 Å². The summed E-state index contributed by atoms with van der Waals surface area (Å²) in [5, 5.41) is 35.4. The summed E-state index contributed by atoms with van der Waals surface area (Å²) in [5.74, 6) is -0.0538. The van der Waals surface area contributed by atoms with E-state index in [2.05, 4.69) is 42.4 Å². The van der Waals surface area contributed by atoms with Crippen molar-refractivity contribution in [1.82, 2.24) is 0 Å². The molecule has 0 heterocycles. The van der Waals surface area contributed by atoms with Gasteiger partial charge in [-0.3, -0.25) is 25.7 Å². The molecule has 0 amide bonds. The maximum absolute atomic E-state index is 11.0. The number of halogens is 2. The minimum Gasteiger partial charge on any atom is -0.506 e. The predicted molar refractivity (Wildman–Crippen MR) is 94.5 cm³/mol. The molecule has 0 fully saturated rings. The van der Waals surface area contributed by atoms with Crippen LogP contribution < -0.4 is 5.43 Å². The Morgan fingerprint density at radius 1 is 1.12 bits per heavy atom. The third kappa shape index (κ3) is 4.06. The Morgan fingerprint density at radius 2 is 1.83 bits per heavy atom. The van der Waals surface area contributed by atoms with Crippen molar-refractivity contribution in [3.63, 3.8) is 0 Å². The number of nitrogens with one attached hydrogen (secondary N) is 1. The molecule has 2 rings (SSSR count). The number of phenolic OH excluding ortho intramolecular Hbond substituents is 1. The molecule has 0 bridgehead atoms. The fraction of sp³-hybridized carbons (Fsp3) is 0. The molecule has 0 aromatic heterocycles. The Kier molecular flexibility index (Phi) is 5.46. The second-order valence-electron chi connectivity index (χ2n) is 4.41. The van der Waals surface area contributed by atoms with Crippen molar-refractivity contribution in [3.05, 3.63) is 65.1 Å².